The lowest BCUT2D eigenvalue weighted by Crippen LogP contribution is -2.56. The predicted octanol–water partition coefficient (Wildman–Crippen LogP) is 1.90. The fraction of sp³-hybridized carbons (Fsp3) is 0.500. The number of amides is 1. The maximum Gasteiger partial charge on any atom is 0.237 e. The lowest BCUT2D eigenvalue weighted by atomic mass is 10.1. The Bertz CT molecular complexity index is 461. The third kappa shape index (κ3) is 2.81. The maximum atomic E-state index is 12.2. The molecular formula is C12H15BrN2O2S. The number of rotatable bonds is 4. The normalized spacial score (nSPS) is 20.8. The van der Waals surface area contributed by atoms with Crippen molar-refractivity contribution in [2.24, 2.45) is 0 Å². The van der Waals surface area contributed by atoms with E-state index in [0.29, 0.717) is 13.1 Å². The zero-order valence-corrected chi connectivity index (χ0v) is 12.5. The van der Waals surface area contributed by atoms with Crippen molar-refractivity contribution in [2.45, 2.75) is 19.4 Å². The van der Waals surface area contributed by atoms with Gasteiger partial charge in [0.05, 0.1) is 17.5 Å². The standard InChI is InChI=1S/C12H15BrN2O2S/c1-2-9-12(17)14-4-5-15(9)7-10(16)11-8(13)3-6-18-11/h3,6,9H,2,4-5,7H2,1H3,(H,14,17). The minimum Gasteiger partial charge on any atom is -0.353 e. The molecule has 0 aliphatic carbocycles. The Labute approximate surface area is 118 Å². The molecule has 1 unspecified atom stereocenters. The van der Waals surface area contributed by atoms with Gasteiger partial charge in [0.2, 0.25) is 5.91 Å². The van der Waals surface area contributed by atoms with Crippen LogP contribution in [0.5, 0.6) is 0 Å². The topological polar surface area (TPSA) is 49.4 Å². The molecule has 0 saturated carbocycles. The second-order valence-electron chi connectivity index (χ2n) is 4.21. The van der Waals surface area contributed by atoms with Gasteiger partial charge in [-0.05, 0) is 33.8 Å². The maximum absolute atomic E-state index is 12.2. The van der Waals surface area contributed by atoms with Crippen LogP contribution in [-0.2, 0) is 4.79 Å². The van der Waals surface area contributed by atoms with Gasteiger partial charge in [-0.2, -0.15) is 0 Å². The molecule has 1 atom stereocenters. The van der Waals surface area contributed by atoms with Gasteiger partial charge in [0, 0.05) is 17.6 Å². The van der Waals surface area contributed by atoms with Crippen molar-refractivity contribution in [3.8, 4) is 0 Å². The van der Waals surface area contributed by atoms with Crippen molar-refractivity contribution >= 4 is 39.0 Å². The second-order valence-corrected chi connectivity index (χ2v) is 5.98. The molecule has 1 N–H and O–H groups in total. The van der Waals surface area contributed by atoms with Crippen LogP contribution in [0, 0.1) is 0 Å². The lowest BCUT2D eigenvalue weighted by molar-refractivity contribution is -0.128. The Hall–Kier alpha value is -0.720. The molecule has 0 spiro atoms. The van der Waals surface area contributed by atoms with Crippen molar-refractivity contribution in [3.05, 3.63) is 20.8 Å². The molecule has 1 aliphatic rings. The van der Waals surface area contributed by atoms with Gasteiger partial charge in [-0.3, -0.25) is 14.5 Å². The number of hydrogen-bond donors (Lipinski definition) is 1. The second kappa shape index (κ2) is 5.95. The first-order valence-electron chi connectivity index (χ1n) is 5.91. The number of carbonyl (C=O) groups excluding carboxylic acids is 2. The Kier molecular flexibility index (Phi) is 4.53. The number of ketones is 1. The first kappa shape index (κ1) is 13.7. The van der Waals surface area contributed by atoms with Crippen LogP contribution >= 0.6 is 27.3 Å². The third-order valence-corrected chi connectivity index (χ3v) is 4.92. The molecule has 1 fully saturated rings. The minimum absolute atomic E-state index is 0.0294. The Balaban J connectivity index is 2.06. The van der Waals surface area contributed by atoms with E-state index in [-0.39, 0.29) is 17.7 Å². The van der Waals surface area contributed by atoms with Crippen LogP contribution in [0.3, 0.4) is 0 Å². The average Bonchev–Trinajstić information content (AvgIpc) is 2.76. The quantitative estimate of drug-likeness (QED) is 0.858. The molecule has 0 bridgehead atoms. The van der Waals surface area contributed by atoms with Gasteiger partial charge in [-0.1, -0.05) is 6.92 Å². The molecule has 1 aromatic rings. The van der Waals surface area contributed by atoms with Crippen LogP contribution in [0.2, 0.25) is 0 Å². The predicted molar refractivity (Wildman–Crippen MR) is 75.0 cm³/mol. The van der Waals surface area contributed by atoms with E-state index in [0.717, 1.165) is 22.3 Å². The van der Waals surface area contributed by atoms with Gasteiger partial charge in [-0.25, -0.2) is 0 Å². The zero-order valence-electron chi connectivity index (χ0n) is 10.1. The van der Waals surface area contributed by atoms with Crippen LogP contribution in [0.25, 0.3) is 0 Å². The van der Waals surface area contributed by atoms with Crippen molar-refractivity contribution in [1.82, 2.24) is 10.2 Å². The first-order valence-corrected chi connectivity index (χ1v) is 7.58. The van der Waals surface area contributed by atoms with E-state index in [1.807, 2.05) is 23.3 Å². The lowest BCUT2D eigenvalue weighted by Gasteiger charge is -2.33. The highest BCUT2D eigenvalue weighted by Crippen LogP contribution is 2.23. The Morgan fingerprint density at radius 1 is 1.67 bits per heavy atom. The monoisotopic (exact) mass is 330 g/mol. The molecule has 1 saturated heterocycles. The third-order valence-electron chi connectivity index (χ3n) is 3.05. The van der Waals surface area contributed by atoms with Gasteiger partial charge >= 0.3 is 0 Å². The van der Waals surface area contributed by atoms with E-state index >= 15 is 0 Å². The fourth-order valence-corrected chi connectivity index (χ4v) is 3.67. The summed E-state index contributed by atoms with van der Waals surface area (Å²) in [7, 11) is 0. The molecule has 4 nitrogen and oxygen atoms in total. The SMILES string of the molecule is CCC1C(=O)NCCN1CC(=O)c1sccc1Br. The van der Waals surface area contributed by atoms with Crippen LogP contribution < -0.4 is 5.32 Å². The summed E-state index contributed by atoms with van der Waals surface area (Å²) in [5, 5.41) is 4.72. The number of carbonyl (C=O) groups is 2. The molecule has 6 heteroatoms. The molecule has 18 heavy (non-hydrogen) atoms. The summed E-state index contributed by atoms with van der Waals surface area (Å²) in [5.74, 6) is 0.104. The zero-order chi connectivity index (χ0) is 13.1. The molecule has 1 aliphatic heterocycles. The summed E-state index contributed by atoms with van der Waals surface area (Å²) in [6, 6.07) is 1.69. The highest BCUT2D eigenvalue weighted by Gasteiger charge is 2.29. The summed E-state index contributed by atoms with van der Waals surface area (Å²) >= 11 is 4.80. The van der Waals surface area contributed by atoms with Crippen molar-refractivity contribution in [2.75, 3.05) is 19.6 Å². The highest BCUT2D eigenvalue weighted by atomic mass is 79.9. The van der Waals surface area contributed by atoms with Gasteiger partial charge in [-0.15, -0.1) is 11.3 Å². The minimum atomic E-state index is -0.179. The van der Waals surface area contributed by atoms with E-state index in [1.165, 1.54) is 11.3 Å². The van der Waals surface area contributed by atoms with Crippen LogP contribution in [0.15, 0.2) is 15.9 Å². The molecule has 1 amide bonds. The summed E-state index contributed by atoms with van der Waals surface area (Å²) in [6.07, 6.45) is 0.727. The van der Waals surface area contributed by atoms with Crippen LogP contribution in [0.4, 0.5) is 0 Å². The largest absolute Gasteiger partial charge is 0.353 e. The smallest absolute Gasteiger partial charge is 0.237 e. The molecule has 2 rings (SSSR count). The number of nitrogens with one attached hydrogen (secondary N) is 1. The fourth-order valence-electron chi connectivity index (χ4n) is 2.14. The highest BCUT2D eigenvalue weighted by molar-refractivity contribution is 9.10. The number of Topliss-reactive ketones (excluding diaryl/α,β-unsaturated/α-hetero) is 1. The van der Waals surface area contributed by atoms with Gasteiger partial charge < -0.3 is 5.32 Å². The Morgan fingerprint density at radius 3 is 3.06 bits per heavy atom. The van der Waals surface area contributed by atoms with E-state index in [2.05, 4.69) is 21.2 Å². The summed E-state index contributed by atoms with van der Waals surface area (Å²) in [4.78, 5) is 26.6. The first-order chi connectivity index (χ1) is 8.63. The van der Waals surface area contributed by atoms with E-state index < -0.39 is 0 Å². The average molecular weight is 331 g/mol. The molecule has 0 radical (unpaired) electrons. The molecular weight excluding hydrogens is 316 g/mol. The Morgan fingerprint density at radius 2 is 2.44 bits per heavy atom. The molecule has 2 heterocycles. The van der Waals surface area contributed by atoms with Crippen molar-refractivity contribution in [3.63, 3.8) is 0 Å². The number of halogens is 1. The van der Waals surface area contributed by atoms with Crippen LogP contribution in [-0.4, -0.2) is 42.3 Å². The molecule has 98 valence electrons. The van der Waals surface area contributed by atoms with Crippen molar-refractivity contribution < 1.29 is 9.59 Å². The van der Waals surface area contributed by atoms with Crippen molar-refractivity contribution in [1.29, 1.82) is 0 Å². The molecule has 0 aromatic carbocycles. The van der Waals surface area contributed by atoms with Gasteiger partial charge in [0.25, 0.3) is 0 Å². The van der Waals surface area contributed by atoms with Gasteiger partial charge in [0.15, 0.2) is 5.78 Å². The summed E-state index contributed by atoms with van der Waals surface area (Å²) in [6.45, 7) is 3.63. The summed E-state index contributed by atoms with van der Waals surface area (Å²) in [5.41, 5.74) is 0. The summed E-state index contributed by atoms with van der Waals surface area (Å²) < 4.78 is 0.840. The number of piperazine rings is 1. The van der Waals surface area contributed by atoms with E-state index in [4.69, 9.17) is 0 Å². The van der Waals surface area contributed by atoms with E-state index in [9.17, 15) is 9.59 Å². The van der Waals surface area contributed by atoms with E-state index in [1.54, 1.807) is 0 Å². The molecule has 1 aromatic heterocycles. The number of nitrogens with zero attached hydrogens (tertiary/aromatic N) is 1. The van der Waals surface area contributed by atoms with Crippen LogP contribution in [0.1, 0.15) is 23.0 Å². The number of thiophene rings is 1. The van der Waals surface area contributed by atoms with Gasteiger partial charge in [0.1, 0.15) is 0 Å². The number of hydrogen-bond acceptors (Lipinski definition) is 4.